The van der Waals surface area contributed by atoms with E-state index in [0.717, 1.165) is 24.8 Å². The second-order valence-corrected chi connectivity index (χ2v) is 6.46. The zero-order valence-electron chi connectivity index (χ0n) is 14.7. The molecule has 0 atom stereocenters. The number of unbranched alkanes of at least 4 members (excludes halogenated alkanes) is 2. The maximum absolute atomic E-state index is 14.6. The van der Waals surface area contributed by atoms with E-state index in [0.29, 0.717) is 28.7 Å². The third-order valence-electron chi connectivity index (χ3n) is 4.56. The minimum absolute atomic E-state index is 0.291. The van der Waals surface area contributed by atoms with E-state index in [2.05, 4.69) is 6.92 Å². The zero-order valence-corrected chi connectivity index (χ0v) is 14.7. The first-order chi connectivity index (χ1) is 12.6. The molecule has 3 aromatic carbocycles. The van der Waals surface area contributed by atoms with Crippen molar-refractivity contribution in [3.8, 4) is 22.3 Å². The Labute approximate surface area is 152 Å². The van der Waals surface area contributed by atoms with Crippen molar-refractivity contribution in [3.05, 3.63) is 83.7 Å². The first-order valence-electron chi connectivity index (χ1n) is 8.93. The molecule has 3 rings (SSSR count). The van der Waals surface area contributed by atoms with Crippen LogP contribution in [0.3, 0.4) is 0 Å². The molecule has 0 N–H and O–H groups in total. The second-order valence-electron chi connectivity index (χ2n) is 6.46. The van der Waals surface area contributed by atoms with E-state index >= 15 is 0 Å². The lowest BCUT2D eigenvalue weighted by molar-refractivity contribution is 0.598. The van der Waals surface area contributed by atoms with Gasteiger partial charge >= 0.3 is 0 Å². The van der Waals surface area contributed by atoms with E-state index in [1.165, 1.54) is 24.3 Å². The lowest BCUT2D eigenvalue weighted by Crippen LogP contribution is -1.93. The molecule has 0 nitrogen and oxygen atoms in total. The third-order valence-corrected chi connectivity index (χ3v) is 4.56. The highest BCUT2D eigenvalue weighted by atomic mass is 19.1. The molecule has 0 unspecified atom stereocenters. The normalized spacial score (nSPS) is 10.9. The summed E-state index contributed by atoms with van der Waals surface area (Å²) in [4.78, 5) is 0. The summed E-state index contributed by atoms with van der Waals surface area (Å²) >= 11 is 0. The molecular weight excluding hydrogens is 333 g/mol. The van der Waals surface area contributed by atoms with Gasteiger partial charge in [0.15, 0.2) is 0 Å². The van der Waals surface area contributed by atoms with Crippen LogP contribution in [0.4, 0.5) is 13.2 Å². The number of hydrogen-bond donors (Lipinski definition) is 0. The summed E-state index contributed by atoms with van der Waals surface area (Å²) in [5.74, 6) is -1.05. The van der Waals surface area contributed by atoms with Crippen molar-refractivity contribution in [2.75, 3.05) is 0 Å². The fraction of sp³-hybridized carbons (Fsp3) is 0.217. The standard InChI is InChI=1S/C23H21F3/c1-2-3-4-5-17-6-7-19(15-22(17)25)21-13-10-18(14-23(21)26)16-8-11-20(24)12-9-16/h6-15H,2-5H2,1H3. The quantitative estimate of drug-likeness (QED) is 0.412. The van der Waals surface area contributed by atoms with Gasteiger partial charge in [-0.2, -0.15) is 0 Å². The lowest BCUT2D eigenvalue weighted by atomic mass is 9.97. The molecule has 0 aliphatic rings. The minimum Gasteiger partial charge on any atom is -0.207 e. The molecule has 26 heavy (non-hydrogen) atoms. The smallest absolute Gasteiger partial charge is 0.131 e. The van der Waals surface area contributed by atoms with Crippen LogP contribution in [0, 0.1) is 17.5 Å². The minimum atomic E-state index is -0.426. The maximum atomic E-state index is 14.6. The van der Waals surface area contributed by atoms with Crippen molar-refractivity contribution in [2.45, 2.75) is 32.6 Å². The van der Waals surface area contributed by atoms with E-state index in [1.807, 2.05) is 0 Å². The second kappa shape index (κ2) is 8.22. The Morgan fingerprint density at radius 2 is 1.31 bits per heavy atom. The molecule has 0 saturated heterocycles. The highest BCUT2D eigenvalue weighted by Gasteiger charge is 2.10. The van der Waals surface area contributed by atoms with E-state index < -0.39 is 5.82 Å². The van der Waals surface area contributed by atoms with Gasteiger partial charge in [-0.25, -0.2) is 13.2 Å². The number of halogens is 3. The van der Waals surface area contributed by atoms with Crippen molar-refractivity contribution in [1.82, 2.24) is 0 Å². The van der Waals surface area contributed by atoms with Crippen LogP contribution in [0.25, 0.3) is 22.3 Å². The Bertz CT molecular complexity index is 882. The van der Waals surface area contributed by atoms with Gasteiger partial charge in [0.2, 0.25) is 0 Å². The van der Waals surface area contributed by atoms with Crippen LogP contribution in [-0.4, -0.2) is 0 Å². The van der Waals surface area contributed by atoms with Gasteiger partial charge in [-0.05, 0) is 59.4 Å². The molecule has 0 spiro atoms. The van der Waals surface area contributed by atoms with E-state index in [1.54, 1.807) is 36.4 Å². The molecule has 3 aromatic rings. The summed E-state index contributed by atoms with van der Waals surface area (Å²) in [6.45, 7) is 2.11. The number of aryl methyl sites for hydroxylation is 1. The van der Waals surface area contributed by atoms with Crippen LogP contribution in [-0.2, 0) is 6.42 Å². The summed E-state index contributed by atoms with van der Waals surface area (Å²) in [5.41, 5.74) is 2.93. The summed E-state index contributed by atoms with van der Waals surface area (Å²) in [7, 11) is 0. The Balaban J connectivity index is 1.85. The third kappa shape index (κ3) is 4.16. The van der Waals surface area contributed by atoms with Crippen LogP contribution in [0.1, 0.15) is 31.7 Å². The van der Waals surface area contributed by atoms with Gasteiger partial charge in [0, 0.05) is 5.56 Å². The molecule has 0 bridgehead atoms. The molecule has 0 aliphatic carbocycles. The lowest BCUT2D eigenvalue weighted by Gasteiger charge is -2.09. The van der Waals surface area contributed by atoms with Gasteiger partial charge in [-0.15, -0.1) is 0 Å². The molecule has 0 aliphatic heterocycles. The molecule has 0 radical (unpaired) electrons. The SMILES string of the molecule is CCCCCc1ccc(-c2ccc(-c3ccc(F)cc3)cc2F)cc1F. The van der Waals surface area contributed by atoms with Gasteiger partial charge < -0.3 is 0 Å². The van der Waals surface area contributed by atoms with Crippen molar-refractivity contribution in [1.29, 1.82) is 0 Å². The Hall–Kier alpha value is -2.55. The molecular formula is C23H21F3. The number of hydrogen-bond acceptors (Lipinski definition) is 0. The summed E-state index contributed by atoms with van der Waals surface area (Å²) in [6.07, 6.45) is 3.81. The van der Waals surface area contributed by atoms with Crippen LogP contribution >= 0.6 is 0 Å². The van der Waals surface area contributed by atoms with Crippen molar-refractivity contribution < 1.29 is 13.2 Å². The number of rotatable bonds is 6. The molecule has 0 heterocycles. The Morgan fingerprint density at radius 1 is 0.654 bits per heavy atom. The fourth-order valence-corrected chi connectivity index (χ4v) is 3.05. The van der Waals surface area contributed by atoms with Crippen LogP contribution in [0.15, 0.2) is 60.7 Å². The highest BCUT2D eigenvalue weighted by Crippen LogP contribution is 2.29. The van der Waals surface area contributed by atoms with Gasteiger partial charge in [0.05, 0.1) is 0 Å². The molecule has 3 heteroatoms. The summed E-state index contributed by atoms with van der Waals surface area (Å²) in [5, 5.41) is 0. The molecule has 0 amide bonds. The van der Waals surface area contributed by atoms with Gasteiger partial charge in [0.25, 0.3) is 0 Å². The van der Waals surface area contributed by atoms with E-state index in [4.69, 9.17) is 0 Å². The van der Waals surface area contributed by atoms with Crippen molar-refractivity contribution in [3.63, 3.8) is 0 Å². The van der Waals surface area contributed by atoms with Crippen LogP contribution < -0.4 is 0 Å². The first-order valence-corrected chi connectivity index (χ1v) is 8.93. The monoisotopic (exact) mass is 354 g/mol. The highest BCUT2D eigenvalue weighted by molar-refractivity contribution is 5.71. The van der Waals surface area contributed by atoms with E-state index in [-0.39, 0.29) is 11.6 Å². The molecule has 134 valence electrons. The largest absolute Gasteiger partial charge is 0.207 e. The average Bonchev–Trinajstić information content (AvgIpc) is 2.64. The van der Waals surface area contributed by atoms with Crippen LogP contribution in [0.2, 0.25) is 0 Å². The van der Waals surface area contributed by atoms with Gasteiger partial charge in [-0.1, -0.05) is 56.2 Å². The Kier molecular flexibility index (Phi) is 5.77. The molecule has 0 fully saturated rings. The van der Waals surface area contributed by atoms with E-state index in [9.17, 15) is 13.2 Å². The van der Waals surface area contributed by atoms with Crippen molar-refractivity contribution >= 4 is 0 Å². The Morgan fingerprint density at radius 3 is 1.96 bits per heavy atom. The topological polar surface area (TPSA) is 0 Å². The fourth-order valence-electron chi connectivity index (χ4n) is 3.05. The van der Waals surface area contributed by atoms with Gasteiger partial charge in [0.1, 0.15) is 17.5 Å². The summed E-state index contributed by atoms with van der Waals surface area (Å²) in [6, 6.07) is 15.6. The first kappa shape index (κ1) is 18.2. The average molecular weight is 354 g/mol. The molecule has 0 saturated carbocycles. The predicted molar refractivity (Wildman–Crippen MR) is 100 cm³/mol. The zero-order chi connectivity index (χ0) is 18.5. The number of benzene rings is 3. The van der Waals surface area contributed by atoms with Gasteiger partial charge in [-0.3, -0.25) is 0 Å². The maximum Gasteiger partial charge on any atom is 0.131 e. The van der Waals surface area contributed by atoms with Crippen molar-refractivity contribution in [2.24, 2.45) is 0 Å². The summed E-state index contributed by atoms with van der Waals surface area (Å²) < 4.78 is 41.9. The molecule has 0 aromatic heterocycles. The van der Waals surface area contributed by atoms with Crippen LogP contribution in [0.5, 0.6) is 0 Å². The predicted octanol–water partition coefficient (Wildman–Crippen LogP) is 7.17.